The maximum Gasteiger partial charge on any atom is 0.277 e. The number of carbonyl (C=O) groups is 2. The summed E-state index contributed by atoms with van der Waals surface area (Å²) in [4.78, 5) is 29.1. The Balaban J connectivity index is 1.24. The van der Waals surface area contributed by atoms with E-state index in [4.69, 9.17) is 9.15 Å². The van der Waals surface area contributed by atoms with Crippen molar-refractivity contribution in [1.29, 1.82) is 0 Å². The van der Waals surface area contributed by atoms with Crippen LogP contribution in [0, 0.1) is 0 Å². The number of carbonyl (C=O) groups excluding carboxylic acids is 2. The molecule has 1 aromatic heterocycles. The summed E-state index contributed by atoms with van der Waals surface area (Å²) in [6, 6.07) is 14.9. The second-order valence-corrected chi connectivity index (χ2v) is 8.63. The molecule has 0 saturated carbocycles. The Bertz CT molecular complexity index is 1110. The maximum atomic E-state index is 12.8. The molecular weight excluding hydrogens is 454 g/mol. The number of ether oxygens (including phenoxy) is 1. The zero-order valence-corrected chi connectivity index (χ0v) is 20.0. The van der Waals surface area contributed by atoms with E-state index in [0.717, 1.165) is 30.2 Å². The molecule has 1 fully saturated rings. The van der Waals surface area contributed by atoms with Crippen LogP contribution in [0.1, 0.15) is 23.2 Å². The highest BCUT2D eigenvalue weighted by atomic mass is 32.2. The Hall–Kier alpha value is -3.53. The quantitative estimate of drug-likeness (QED) is 0.489. The van der Waals surface area contributed by atoms with E-state index in [1.807, 2.05) is 36.1 Å². The molecule has 0 atom stereocenters. The van der Waals surface area contributed by atoms with Crippen molar-refractivity contribution < 1.29 is 18.7 Å². The van der Waals surface area contributed by atoms with Crippen LogP contribution in [-0.2, 0) is 11.2 Å². The van der Waals surface area contributed by atoms with Crippen LogP contribution in [0.25, 0.3) is 0 Å². The monoisotopic (exact) mass is 481 g/mol. The van der Waals surface area contributed by atoms with Gasteiger partial charge in [-0.1, -0.05) is 18.7 Å². The van der Waals surface area contributed by atoms with E-state index in [0.29, 0.717) is 36.2 Å². The molecular formula is C24H27N5O4S. The Morgan fingerprint density at radius 3 is 2.35 bits per heavy atom. The van der Waals surface area contributed by atoms with Gasteiger partial charge in [-0.15, -0.1) is 10.2 Å². The molecule has 1 aliphatic heterocycles. The predicted octanol–water partition coefficient (Wildman–Crippen LogP) is 3.33. The SMILES string of the molecule is CCc1nnc(SCC(=O)Nc2ccc(N3CCN(C(=O)c4ccc(OC)cc4)CC3)cc2)o1. The van der Waals surface area contributed by atoms with Gasteiger partial charge in [-0.05, 0) is 48.5 Å². The number of rotatable bonds is 8. The molecule has 0 unspecified atom stereocenters. The number of hydrogen-bond acceptors (Lipinski definition) is 8. The van der Waals surface area contributed by atoms with Gasteiger partial charge in [0.05, 0.1) is 12.9 Å². The number of nitrogens with one attached hydrogen (secondary N) is 1. The minimum Gasteiger partial charge on any atom is -0.497 e. The summed E-state index contributed by atoms with van der Waals surface area (Å²) in [5.74, 6) is 1.38. The predicted molar refractivity (Wildman–Crippen MR) is 131 cm³/mol. The van der Waals surface area contributed by atoms with Crippen molar-refractivity contribution in [3.05, 3.63) is 60.0 Å². The summed E-state index contributed by atoms with van der Waals surface area (Å²) in [5.41, 5.74) is 2.45. The lowest BCUT2D eigenvalue weighted by Gasteiger charge is -2.36. The fourth-order valence-corrected chi connectivity index (χ4v) is 4.18. The van der Waals surface area contributed by atoms with Gasteiger partial charge in [0.2, 0.25) is 11.8 Å². The molecule has 2 aromatic carbocycles. The van der Waals surface area contributed by atoms with Crippen LogP contribution in [0.4, 0.5) is 11.4 Å². The minimum atomic E-state index is -0.139. The molecule has 178 valence electrons. The topological polar surface area (TPSA) is 101 Å². The fraction of sp³-hybridized carbons (Fsp3) is 0.333. The highest BCUT2D eigenvalue weighted by Crippen LogP contribution is 2.22. The number of thioether (sulfide) groups is 1. The highest BCUT2D eigenvalue weighted by Gasteiger charge is 2.22. The van der Waals surface area contributed by atoms with Crippen molar-refractivity contribution in [2.45, 2.75) is 18.6 Å². The number of nitrogens with zero attached hydrogens (tertiary/aromatic N) is 4. The normalized spacial score (nSPS) is 13.6. The van der Waals surface area contributed by atoms with E-state index >= 15 is 0 Å². The summed E-state index contributed by atoms with van der Waals surface area (Å²) >= 11 is 1.21. The Labute approximate surface area is 202 Å². The smallest absolute Gasteiger partial charge is 0.277 e. The third-order valence-corrected chi connectivity index (χ3v) is 6.32. The average Bonchev–Trinajstić information content (AvgIpc) is 3.36. The maximum absolute atomic E-state index is 12.8. The third-order valence-electron chi connectivity index (χ3n) is 5.50. The van der Waals surface area contributed by atoms with E-state index in [9.17, 15) is 9.59 Å². The van der Waals surface area contributed by atoms with Gasteiger partial charge in [0.15, 0.2) is 0 Å². The van der Waals surface area contributed by atoms with Crippen molar-refractivity contribution in [2.75, 3.05) is 49.3 Å². The van der Waals surface area contributed by atoms with Crippen LogP contribution in [0.3, 0.4) is 0 Å². The van der Waals surface area contributed by atoms with Gasteiger partial charge >= 0.3 is 0 Å². The van der Waals surface area contributed by atoms with Gasteiger partial charge in [0.25, 0.3) is 11.1 Å². The first-order valence-corrected chi connectivity index (χ1v) is 12.1. The average molecular weight is 482 g/mol. The molecule has 2 amide bonds. The van der Waals surface area contributed by atoms with E-state index in [2.05, 4.69) is 20.4 Å². The Kier molecular flexibility index (Phi) is 7.69. The molecule has 1 aliphatic rings. The molecule has 4 rings (SSSR count). The summed E-state index contributed by atoms with van der Waals surface area (Å²) in [6.07, 6.45) is 0.667. The van der Waals surface area contributed by atoms with Crippen LogP contribution in [-0.4, -0.2) is 66.0 Å². The number of amides is 2. The van der Waals surface area contributed by atoms with Crippen molar-refractivity contribution in [1.82, 2.24) is 15.1 Å². The Morgan fingerprint density at radius 2 is 1.74 bits per heavy atom. The number of methoxy groups -OCH3 is 1. The zero-order valence-electron chi connectivity index (χ0n) is 19.2. The molecule has 0 bridgehead atoms. The summed E-state index contributed by atoms with van der Waals surface area (Å²) in [7, 11) is 1.61. The molecule has 2 heterocycles. The lowest BCUT2D eigenvalue weighted by Crippen LogP contribution is -2.48. The molecule has 0 spiro atoms. The molecule has 0 radical (unpaired) electrons. The van der Waals surface area contributed by atoms with Crippen LogP contribution < -0.4 is 15.0 Å². The van der Waals surface area contributed by atoms with Crippen molar-refractivity contribution in [2.24, 2.45) is 0 Å². The van der Waals surface area contributed by atoms with Crippen molar-refractivity contribution in [3.63, 3.8) is 0 Å². The van der Waals surface area contributed by atoms with Crippen LogP contribution in [0.5, 0.6) is 5.75 Å². The molecule has 3 aromatic rings. The van der Waals surface area contributed by atoms with Crippen LogP contribution in [0.15, 0.2) is 58.2 Å². The van der Waals surface area contributed by atoms with E-state index in [1.54, 1.807) is 31.4 Å². The number of piperazine rings is 1. The number of benzene rings is 2. The number of aryl methyl sites for hydroxylation is 1. The van der Waals surface area contributed by atoms with Gasteiger partial charge in [-0.2, -0.15) is 0 Å². The summed E-state index contributed by atoms with van der Waals surface area (Å²) < 4.78 is 10.6. The Morgan fingerprint density at radius 1 is 1.03 bits per heavy atom. The lowest BCUT2D eigenvalue weighted by molar-refractivity contribution is -0.113. The van der Waals surface area contributed by atoms with Crippen molar-refractivity contribution >= 4 is 35.0 Å². The molecule has 0 aliphatic carbocycles. The fourth-order valence-electron chi connectivity index (χ4n) is 3.60. The molecule has 9 nitrogen and oxygen atoms in total. The second-order valence-electron chi connectivity index (χ2n) is 7.71. The third kappa shape index (κ3) is 5.88. The minimum absolute atomic E-state index is 0.0321. The second kappa shape index (κ2) is 11.1. The van der Waals surface area contributed by atoms with Crippen LogP contribution >= 0.6 is 11.8 Å². The standard InChI is InChI=1S/C24H27N5O4S/c1-3-22-26-27-24(33-22)34-16-21(30)25-18-6-8-19(9-7-18)28-12-14-29(15-13-28)23(31)17-4-10-20(32-2)11-5-17/h4-11H,3,12-16H2,1-2H3,(H,25,30). The molecule has 1 N–H and O–H groups in total. The molecule has 34 heavy (non-hydrogen) atoms. The van der Waals surface area contributed by atoms with E-state index in [-0.39, 0.29) is 17.6 Å². The molecule has 10 heteroatoms. The largest absolute Gasteiger partial charge is 0.497 e. The highest BCUT2D eigenvalue weighted by molar-refractivity contribution is 7.99. The number of aromatic nitrogens is 2. The van der Waals surface area contributed by atoms with Crippen LogP contribution in [0.2, 0.25) is 0 Å². The van der Waals surface area contributed by atoms with Gasteiger partial charge in [-0.3, -0.25) is 9.59 Å². The van der Waals surface area contributed by atoms with Gasteiger partial charge < -0.3 is 24.3 Å². The van der Waals surface area contributed by atoms with E-state index in [1.165, 1.54) is 11.8 Å². The first-order valence-electron chi connectivity index (χ1n) is 11.1. The number of anilines is 2. The van der Waals surface area contributed by atoms with Crippen molar-refractivity contribution in [3.8, 4) is 5.75 Å². The van der Waals surface area contributed by atoms with Gasteiger partial charge in [0, 0.05) is 49.5 Å². The molecule has 1 saturated heterocycles. The number of hydrogen-bond donors (Lipinski definition) is 1. The van der Waals surface area contributed by atoms with Gasteiger partial charge in [0.1, 0.15) is 5.75 Å². The lowest BCUT2D eigenvalue weighted by atomic mass is 10.1. The van der Waals surface area contributed by atoms with E-state index < -0.39 is 0 Å². The summed E-state index contributed by atoms with van der Waals surface area (Å²) in [5, 5.41) is 11.1. The first kappa shape index (κ1) is 23.6. The zero-order chi connectivity index (χ0) is 23.9. The first-order chi connectivity index (χ1) is 16.6. The summed E-state index contributed by atoms with van der Waals surface area (Å²) in [6.45, 7) is 4.72. The van der Waals surface area contributed by atoms with Gasteiger partial charge in [-0.25, -0.2) is 0 Å².